The van der Waals surface area contributed by atoms with E-state index in [4.69, 9.17) is 0 Å². The Kier molecular flexibility index (Phi) is 14.6. The second-order valence-corrected chi connectivity index (χ2v) is 33.8. The van der Waals surface area contributed by atoms with Crippen molar-refractivity contribution in [3.63, 3.8) is 0 Å². The van der Waals surface area contributed by atoms with Crippen LogP contribution in [0.25, 0.3) is 55.0 Å². The quantitative estimate of drug-likeness (QED) is 0.0998. The maximum atomic E-state index is 16.4. The van der Waals surface area contributed by atoms with Crippen LogP contribution in [-0.2, 0) is 18.3 Å². The van der Waals surface area contributed by atoms with Gasteiger partial charge < -0.3 is 27.4 Å². The van der Waals surface area contributed by atoms with Crippen LogP contribution < -0.4 is 63.7 Å². The van der Waals surface area contributed by atoms with Gasteiger partial charge in [0.05, 0.1) is 44.6 Å². The highest BCUT2D eigenvalue weighted by molar-refractivity contribution is 7.86. The maximum absolute atomic E-state index is 16.4. The molecule has 0 aliphatic heterocycles. The summed E-state index contributed by atoms with van der Waals surface area (Å²) in [4.78, 5) is 0. The van der Waals surface area contributed by atoms with Gasteiger partial charge in [-0.2, -0.15) is 10.5 Å². The van der Waals surface area contributed by atoms with Crippen molar-refractivity contribution >= 4 is 136 Å². The topological polar surface area (TPSA) is 126 Å². The summed E-state index contributed by atoms with van der Waals surface area (Å²) in [5, 5.41) is 32.6. The fourth-order valence-corrected chi connectivity index (χ4v) is 24.0. The van der Waals surface area contributed by atoms with E-state index < -0.39 is 28.6 Å². The van der Waals surface area contributed by atoms with E-state index in [1.807, 2.05) is 315 Å². The van der Waals surface area contributed by atoms with Gasteiger partial charge in [0.1, 0.15) is 12.1 Å². The molecule has 13 aromatic carbocycles. The molecule has 0 radical (unpaired) electrons. The van der Waals surface area contributed by atoms with Crippen LogP contribution in [0.4, 0.5) is 0 Å². The van der Waals surface area contributed by atoms with Gasteiger partial charge in [-0.25, -0.2) is 0 Å². The molecule has 0 saturated carbocycles. The van der Waals surface area contributed by atoms with Crippen LogP contribution in [0.3, 0.4) is 0 Å². The van der Waals surface area contributed by atoms with Crippen LogP contribution in [-0.4, -0.2) is 9.13 Å². The molecule has 0 fully saturated rings. The zero-order chi connectivity index (χ0) is 62.6. The van der Waals surface area contributed by atoms with Gasteiger partial charge in [0.2, 0.25) is 0 Å². The summed E-state index contributed by atoms with van der Waals surface area (Å²) in [5.41, 5.74) is 4.04. The van der Waals surface area contributed by atoms with Crippen LogP contribution in [0.1, 0.15) is 11.1 Å². The fraction of sp³-hybridized carbons (Fsp3) is 0. The molecule has 8 nitrogen and oxygen atoms in total. The summed E-state index contributed by atoms with van der Waals surface area (Å²) in [7, 11) is -14.4. The Labute approximate surface area is 532 Å². The zero-order valence-electron chi connectivity index (χ0n) is 49.4. The Bertz CT molecular complexity index is 4820. The number of hydrogen-bond donors (Lipinski definition) is 0. The third-order valence-corrected chi connectivity index (χ3v) is 29.9. The first-order valence-corrected chi connectivity index (χ1v) is 36.9. The third kappa shape index (κ3) is 9.26. The molecular weight excluding hydrogens is 1200 g/mol. The minimum absolute atomic E-state index is 0.133. The highest BCUT2D eigenvalue weighted by Gasteiger charge is 2.36. The first kappa shape index (κ1) is 57.8. The van der Waals surface area contributed by atoms with Gasteiger partial charge >= 0.3 is 0 Å². The maximum Gasteiger partial charge on any atom is 0.171 e. The van der Waals surface area contributed by atoms with Crippen molar-refractivity contribution in [1.82, 2.24) is 9.13 Å². The van der Waals surface area contributed by atoms with E-state index in [1.54, 1.807) is 12.1 Å². The van der Waals surface area contributed by atoms with E-state index in [0.717, 1.165) is 0 Å². The van der Waals surface area contributed by atoms with E-state index >= 15 is 18.3 Å². The number of benzene rings is 13. The molecule has 0 atom stereocenters. The molecule has 0 aliphatic rings. The van der Waals surface area contributed by atoms with Gasteiger partial charge in [-0.05, 0) is 84.9 Å². The van der Waals surface area contributed by atoms with Gasteiger partial charge in [0.15, 0.2) is 28.6 Å². The van der Waals surface area contributed by atoms with Crippen molar-refractivity contribution in [1.29, 1.82) is 10.5 Å². The normalized spacial score (nSPS) is 12.1. The summed E-state index contributed by atoms with van der Waals surface area (Å²) in [6.45, 7) is 0. The van der Waals surface area contributed by atoms with E-state index in [0.29, 0.717) is 119 Å². The van der Waals surface area contributed by atoms with E-state index in [9.17, 15) is 10.5 Å². The van der Waals surface area contributed by atoms with Crippen LogP contribution in [0.5, 0.6) is 0 Å². The zero-order valence-corrected chi connectivity index (χ0v) is 53.0. The molecule has 0 bridgehead atoms. The van der Waals surface area contributed by atoms with Gasteiger partial charge in [-0.1, -0.05) is 243 Å². The summed E-state index contributed by atoms with van der Waals surface area (Å²) in [6.07, 6.45) is 0. The van der Waals surface area contributed by atoms with E-state index in [1.165, 1.54) is 0 Å². The number of nitriles is 2. The Balaban J connectivity index is 1.06. The number of rotatable bonds is 14. The molecule has 0 aliphatic carbocycles. The summed E-state index contributed by atoms with van der Waals surface area (Å²) < 4.78 is 69.9. The predicted molar refractivity (Wildman–Crippen MR) is 382 cm³/mol. The predicted octanol–water partition coefficient (Wildman–Crippen LogP) is 14.2. The Morgan fingerprint density at radius 2 is 0.391 bits per heavy atom. The van der Waals surface area contributed by atoms with Crippen LogP contribution >= 0.6 is 28.6 Å². The molecule has 92 heavy (non-hydrogen) atoms. The molecule has 0 spiro atoms. The molecule has 0 unspecified atom stereocenters. The van der Waals surface area contributed by atoms with Crippen molar-refractivity contribution in [2.45, 2.75) is 0 Å². The number of fused-ring (bicyclic) bond motifs is 6. The summed E-state index contributed by atoms with van der Waals surface area (Å²) in [6, 6.07) is 108. The molecule has 438 valence electrons. The molecule has 2 heterocycles. The van der Waals surface area contributed by atoms with E-state index in [2.05, 4.69) is 21.3 Å². The Hall–Kier alpha value is -10.6. The second kappa shape index (κ2) is 23.3. The highest BCUT2D eigenvalue weighted by atomic mass is 31.2. The number of nitrogens with zero attached hydrogens (tertiary/aromatic N) is 4. The Morgan fingerprint density at radius 1 is 0.217 bits per heavy atom. The first-order valence-electron chi connectivity index (χ1n) is 30.1. The van der Waals surface area contributed by atoms with Crippen molar-refractivity contribution in [3.8, 4) is 23.5 Å². The molecule has 15 rings (SSSR count). The number of aromatic nitrogens is 2. The van der Waals surface area contributed by atoms with Crippen LogP contribution in [0, 0.1) is 22.7 Å². The minimum atomic E-state index is -3.59. The molecule has 2 aromatic heterocycles. The lowest BCUT2D eigenvalue weighted by Gasteiger charge is -2.21. The van der Waals surface area contributed by atoms with E-state index in [-0.39, 0.29) is 11.1 Å². The summed E-state index contributed by atoms with van der Waals surface area (Å²) in [5.74, 6) is 0. The van der Waals surface area contributed by atoms with Gasteiger partial charge in [0, 0.05) is 85.2 Å². The lowest BCUT2D eigenvalue weighted by Crippen LogP contribution is -2.25. The smallest absolute Gasteiger partial charge is 0.171 e. The highest BCUT2D eigenvalue weighted by Crippen LogP contribution is 2.50. The molecule has 0 amide bonds. The van der Waals surface area contributed by atoms with Crippen LogP contribution in [0.2, 0.25) is 0 Å². The van der Waals surface area contributed by atoms with Crippen molar-refractivity contribution in [2.75, 3.05) is 0 Å². The second-order valence-electron chi connectivity index (χ2n) is 22.7. The standard InChI is InChI=1S/C80H54N4O4P4/c81-55-57-49-79(83-75-45-41-67(89(85,59-25-9-1-10-26-59)60-27-11-2-12-28-60)51-71(75)72-52-68(42-46-76(72)83)90(86,61-29-13-3-14-30-61)62-31-15-4-16-32-62)80(50-58(57)56-82)84-77-47-43-69(91(87,63-33-17-5-18-34-63)64-35-19-6-20-36-64)53-73(77)74-54-70(44-48-78(74)84)92(88,65-37-21-7-22-38-65)66-39-23-8-24-40-66/h1-54H. The van der Waals surface area contributed by atoms with Gasteiger partial charge in [-0.15, -0.1) is 0 Å². The average molecular weight is 1260 g/mol. The lowest BCUT2D eigenvalue weighted by molar-refractivity contribution is 0.591. The molecule has 15 aromatic rings. The van der Waals surface area contributed by atoms with Crippen molar-refractivity contribution < 1.29 is 18.3 Å². The monoisotopic (exact) mass is 1260 g/mol. The first-order chi connectivity index (χ1) is 45.1. The van der Waals surface area contributed by atoms with Gasteiger partial charge in [0.25, 0.3) is 0 Å². The molecule has 12 heteroatoms. The van der Waals surface area contributed by atoms with Crippen molar-refractivity contribution in [2.24, 2.45) is 0 Å². The largest absolute Gasteiger partial charge is 0.309 e. The minimum Gasteiger partial charge on any atom is -0.309 e. The molecule has 0 saturated heterocycles. The SMILES string of the molecule is N#Cc1cc(-n2c3ccc(P(=O)(c4ccccc4)c4ccccc4)cc3c3cc(P(=O)(c4ccccc4)c4ccccc4)ccc32)c(-n2c3ccc(P(=O)(c4ccccc4)c4ccccc4)cc3c3cc(P(=O)(c4ccccc4)c4ccccc4)ccc32)cc1C#N. The fourth-order valence-electron chi connectivity index (χ4n) is 13.3. The number of hydrogen-bond acceptors (Lipinski definition) is 6. The van der Waals surface area contributed by atoms with Crippen molar-refractivity contribution in [3.05, 3.63) is 339 Å². The molecule has 0 N–H and O–H groups in total. The average Bonchev–Trinajstić information content (AvgIpc) is 1.55. The molecular formula is C80H54N4O4P4. The third-order valence-electron chi connectivity index (χ3n) is 17.7. The summed E-state index contributed by atoms with van der Waals surface area (Å²) >= 11 is 0. The lowest BCUT2D eigenvalue weighted by atomic mass is 10.1. The van der Waals surface area contributed by atoms with Crippen LogP contribution in [0.15, 0.2) is 328 Å². The Morgan fingerprint density at radius 3 is 0.554 bits per heavy atom. The van der Waals surface area contributed by atoms with Gasteiger partial charge in [-0.3, -0.25) is 0 Å².